The van der Waals surface area contributed by atoms with E-state index in [2.05, 4.69) is 10.6 Å². The zero-order valence-corrected chi connectivity index (χ0v) is 12.2. The number of hydrogen-bond donors (Lipinski definition) is 3. The zero-order chi connectivity index (χ0) is 15.3. The van der Waals surface area contributed by atoms with Crippen LogP contribution in [0.1, 0.15) is 38.5 Å². The summed E-state index contributed by atoms with van der Waals surface area (Å²) in [5.74, 6) is -0.785. The Bertz CT molecular complexity index is 414. The smallest absolute Gasteiger partial charge is 0.314 e. The van der Waals surface area contributed by atoms with Crippen LogP contribution in [0.25, 0.3) is 0 Å². The molecule has 2 fully saturated rings. The number of carbonyl (C=O) groups excluding carboxylic acids is 2. The quantitative estimate of drug-likeness (QED) is 0.667. The predicted molar refractivity (Wildman–Crippen MR) is 75.8 cm³/mol. The van der Waals surface area contributed by atoms with Gasteiger partial charge in [-0.15, -0.1) is 0 Å². The Morgan fingerprint density at radius 3 is 2.24 bits per heavy atom. The van der Waals surface area contributed by atoms with Crippen molar-refractivity contribution in [1.82, 2.24) is 15.5 Å². The molecule has 2 rings (SSSR count). The van der Waals surface area contributed by atoms with Gasteiger partial charge in [-0.2, -0.15) is 0 Å². The molecule has 0 spiro atoms. The number of carboxylic acids is 1. The van der Waals surface area contributed by atoms with Gasteiger partial charge in [0.1, 0.15) is 0 Å². The van der Waals surface area contributed by atoms with Crippen LogP contribution in [0.5, 0.6) is 0 Å². The first-order valence-corrected chi connectivity index (χ1v) is 7.56. The summed E-state index contributed by atoms with van der Waals surface area (Å²) in [6, 6.07) is -0.406. The van der Waals surface area contributed by atoms with E-state index in [1.165, 1.54) is 0 Å². The third-order valence-corrected chi connectivity index (χ3v) is 4.43. The van der Waals surface area contributed by atoms with E-state index in [1.807, 2.05) is 4.90 Å². The lowest BCUT2D eigenvalue weighted by Crippen LogP contribution is -2.50. The Labute approximate surface area is 124 Å². The molecule has 1 aliphatic heterocycles. The predicted octanol–water partition coefficient (Wildman–Crippen LogP) is 0.553. The number of rotatable bonds is 6. The summed E-state index contributed by atoms with van der Waals surface area (Å²) in [4.78, 5) is 36.3. The number of hydrogen-bond acceptors (Lipinski definition) is 3. The molecule has 0 bridgehead atoms. The van der Waals surface area contributed by atoms with Crippen LogP contribution >= 0.6 is 0 Å². The van der Waals surface area contributed by atoms with E-state index in [1.54, 1.807) is 0 Å². The fourth-order valence-corrected chi connectivity index (χ4v) is 2.79. The van der Waals surface area contributed by atoms with E-state index in [0.29, 0.717) is 12.8 Å². The molecule has 1 saturated heterocycles. The van der Waals surface area contributed by atoms with Crippen molar-refractivity contribution in [2.45, 2.75) is 38.5 Å². The van der Waals surface area contributed by atoms with Crippen molar-refractivity contribution in [3.05, 3.63) is 0 Å². The number of nitrogens with zero attached hydrogens (tertiary/aromatic N) is 1. The molecular formula is C14H23N3O4. The van der Waals surface area contributed by atoms with Crippen LogP contribution in [0.3, 0.4) is 0 Å². The van der Waals surface area contributed by atoms with Crippen molar-refractivity contribution < 1.29 is 19.5 Å². The van der Waals surface area contributed by atoms with Crippen molar-refractivity contribution in [3.63, 3.8) is 0 Å². The molecule has 3 amide bonds. The SMILES string of the molecule is O=C(NCCC(=O)N1CCCC1)NCC1(C(=O)O)CCC1. The highest BCUT2D eigenvalue weighted by Gasteiger charge is 2.44. The number of carboxylic acid groups (broad SMARTS) is 1. The van der Waals surface area contributed by atoms with Gasteiger partial charge in [-0.25, -0.2) is 4.79 Å². The van der Waals surface area contributed by atoms with Crippen LogP contribution in [0, 0.1) is 5.41 Å². The molecule has 1 saturated carbocycles. The van der Waals surface area contributed by atoms with Crippen LogP contribution in [0.2, 0.25) is 0 Å². The van der Waals surface area contributed by atoms with E-state index in [4.69, 9.17) is 5.11 Å². The largest absolute Gasteiger partial charge is 0.481 e. The van der Waals surface area contributed by atoms with E-state index >= 15 is 0 Å². The van der Waals surface area contributed by atoms with Crippen LogP contribution in [0.4, 0.5) is 4.79 Å². The molecule has 3 N–H and O–H groups in total. The van der Waals surface area contributed by atoms with Crippen LogP contribution in [-0.2, 0) is 9.59 Å². The summed E-state index contributed by atoms with van der Waals surface area (Å²) in [5, 5.41) is 14.3. The third kappa shape index (κ3) is 3.86. The average Bonchev–Trinajstić information content (AvgIpc) is 2.90. The minimum Gasteiger partial charge on any atom is -0.481 e. The van der Waals surface area contributed by atoms with Gasteiger partial charge in [0.25, 0.3) is 0 Å². The molecule has 0 aromatic heterocycles. The van der Waals surface area contributed by atoms with Gasteiger partial charge < -0.3 is 20.6 Å². The van der Waals surface area contributed by atoms with Crippen molar-refractivity contribution in [1.29, 1.82) is 0 Å². The average molecular weight is 297 g/mol. The molecule has 0 radical (unpaired) electrons. The Morgan fingerprint density at radius 2 is 1.71 bits per heavy atom. The standard InChI is InChI=1S/C14H23N3O4/c18-11(17-8-1-2-9-17)4-7-15-13(21)16-10-14(12(19)20)5-3-6-14/h1-10H2,(H,19,20)(H2,15,16,21). The fraction of sp³-hybridized carbons (Fsp3) is 0.786. The normalized spacial score (nSPS) is 19.7. The van der Waals surface area contributed by atoms with Crippen LogP contribution in [0.15, 0.2) is 0 Å². The first kappa shape index (κ1) is 15.6. The van der Waals surface area contributed by atoms with Gasteiger partial charge in [0.2, 0.25) is 5.91 Å². The minimum atomic E-state index is -0.849. The highest BCUT2D eigenvalue weighted by atomic mass is 16.4. The number of likely N-dealkylation sites (tertiary alicyclic amines) is 1. The number of aliphatic carboxylic acids is 1. The molecule has 7 heteroatoms. The highest BCUT2D eigenvalue weighted by molar-refractivity contribution is 5.80. The second kappa shape index (κ2) is 6.78. The van der Waals surface area contributed by atoms with Gasteiger partial charge in [0.05, 0.1) is 5.41 Å². The maximum absolute atomic E-state index is 11.8. The van der Waals surface area contributed by atoms with Gasteiger partial charge in [-0.3, -0.25) is 9.59 Å². The first-order valence-electron chi connectivity index (χ1n) is 7.56. The second-order valence-electron chi connectivity index (χ2n) is 5.89. The first-order chi connectivity index (χ1) is 10.0. The van der Waals surface area contributed by atoms with Gasteiger partial charge in [0.15, 0.2) is 0 Å². The van der Waals surface area contributed by atoms with Crippen molar-refractivity contribution in [2.75, 3.05) is 26.2 Å². The number of nitrogens with one attached hydrogen (secondary N) is 2. The van der Waals surface area contributed by atoms with Crippen molar-refractivity contribution in [3.8, 4) is 0 Å². The summed E-state index contributed by atoms with van der Waals surface area (Å²) in [7, 11) is 0. The molecule has 0 aromatic carbocycles. The van der Waals surface area contributed by atoms with Crippen molar-refractivity contribution >= 4 is 17.9 Å². The molecule has 0 aromatic rings. The summed E-state index contributed by atoms with van der Waals surface area (Å²) in [5.41, 5.74) is -0.789. The van der Waals surface area contributed by atoms with Crippen LogP contribution in [-0.4, -0.2) is 54.1 Å². The Morgan fingerprint density at radius 1 is 1.05 bits per heavy atom. The summed E-state index contributed by atoms with van der Waals surface area (Å²) < 4.78 is 0. The molecule has 1 heterocycles. The number of carbonyl (C=O) groups is 3. The maximum atomic E-state index is 11.8. The number of amides is 3. The van der Waals surface area contributed by atoms with Crippen molar-refractivity contribution in [2.24, 2.45) is 5.41 Å². The lowest BCUT2D eigenvalue weighted by atomic mass is 9.69. The number of urea groups is 1. The lowest BCUT2D eigenvalue weighted by molar-refractivity contribution is -0.153. The topological polar surface area (TPSA) is 98.7 Å². The summed E-state index contributed by atoms with van der Waals surface area (Å²) in [6.07, 6.45) is 4.50. The lowest BCUT2D eigenvalue weighted by Gasteiger charge is -2.37. The van der Waals surface area contributed by atoms with Gasteiger partial charge in [-0.1, -0.05) is 6.42 Å². The summed E-state index contributed by atoms with van der Waals surface area (Å²) in [6.45, 7) is 2.05. The highest BCUT2D eigenvalue weighted by Crippen LogP contribution is 2.40. The Balaban J connectivity index is 1.61. The van der Waals surface area contributed by atoms with E-state index in [0.717, 1.165) is 32.4 Å². The Hall–Kier alpha value is -1.79. The molecule has 0 unspecified atom stereocenters. The third-order valence-electron chi connectivity index (χ3n) is 4.43. The van der Waals surface area contributed by atoms with Gasteiger partial charge >= 0.3 is 12.0 Å². The molecular weight excluding hydrogens is 274 g/mol. The molecule has 7 nitrogen and oxygen atoms in total. The van der Waals surface area contributed by atoms with Gasteiger partial charge in [0, 0.05) is 32.6 Å². The molecule has 1 aliphatic carbocycles. The molecule has 2 aliphatic rings. The molecule has 0 atom stereocenters. The Kier molecular flexibility index (Phi) is 5.03. The summed E-state index contributed by atoms with van der Waals surface area (Å²) >= 11 is 0. The van der Waals surface area contributed by atoms with E-state index in [-0.39, 0.29) is 25.4 Å². The molecule has 118 valence electrons. The van der Waals surface area contributed by atoms with E-state index < -0.39 is 17.4 Å². The monoisotopic (exact) mass is 297 g/mol. The van der Waals surface area contributed by atoms with E-state index in [9.17, 15) is 14.4 Å². The van der Waals surface area contributed by atoms with Gasteiger partial charge in [-0.05, 0) is 25.7 Å². The zero-order valence-electron chi connectivity index (χ0n) is 12.2. The fourth-order valence-electron chi connectivity index (χ4n) is 2.79. The maximum Gasteiger partial charge on any atom is 0.314 e. The molecule has 21 heavy (non-hydrogen) atoms. The van der Waals surface area contributed by atoms with Crippen LogP contribution < -0.4 is 10.6 Å². The second-order valence-corrected chi connectivity index (χ2v) is 5.89. The minimum absolute atomic E-state index is 0.0637.